The summed E-state index contributed by atoms with van der Waals surface area (Å²) in [6.45, 7) is 4.53. The first-order valence-electron chi connectivity index (χ1n) is 9.53. The summed E-state index contributed by atoms with van der Waals surface area (Å²) in [4.78, 5) is 4.31. The smallest absolute Gasteiger partial charge is 0.190 e. The maximum absolute atomic E-state index is 6.06. The Morgan fingerprint density at radius 2 is 2.00 bits per heavy atom. The monoisotopic (exact) mass is 491 g/mol. The molecule has 0 radical (unpaired) electrons. The van der Waals surface area contributed by atoms with Gasteiger partial charge in [0.05, 0.1) is 19.3 Å². The first kappa shape index (κ1) is 24.1. The number of rotatable bonds is 10. The molecule has 2 N–H and O–H groups in total. The molecule has 2 rings (SSSR count). The largest absolute Gasteiger partial charge is 0.382 e. The number of ether oxygens (including phenoxy) is 3. The van der Waals surface area contributed by atoms with Crippen LogP contribution in [0.2, 0.25) is 0 Å². The van der Waals surface area contributed by atoms with Gasteiger partial charge in [-0.15, -0.1) is 24.0 Å². The zero-order chi connectivity index (χ0) is 18.5. The van der Waals surface area contributed by atoms with Crippen LogP contribution in [0.25, 0.3) is 0 Å². The molecule has 1 fully saturated rings. The summed E-state index contributed by atoms with van der Waals surface area (Å²) < 4.78 is 16.5. The molecule has 6 nitrogen and oxygen atoms in total. The zero-order valence-corrected chi connectivity index (χ0v) is 18.8. The summed E-state index contributed by atoms with van der Waals surface area (Å²) in [6.07, 6.45) is 3.37. The molecule has 154 valence electrons. The van der Waals surface area contributed by atoms with E-state index in [1.165, 1.54) is 5.56 Å². The number of hydrogen-bond acceptors (Lipinski definition) is 4. The summed E-state index contributed by atoms with van der Waals surface area (Å²) in [5.41, 5.74) is 1.26. The molecule has 0 saturated carbocycles. The molecule has 1 aromatic rings. The summed E-state index contributed by atoms with van der Waals surface area (Å²) >= 11 is 0. The van der Waals surface area contributed by atoms with Gasteiger partial charge in [-0.25, -0.2) is 0 Å². The van der Waals surface area contributed by atoms with Gasteiger partial charge in [0.25, 0.3) is 0 Å². The lowest BCUT2D eigenvalue weighted by Crippen LogP contribution is -2.42. The summed E-state index contributed by atoms with van der Waals surface area (Å²) in [5, 5.41) is 6.79. The van der Waals surface area contributed by atoms with E-state index < -0.39 is 0 Å². The number of guanidine groups is 1. The number of nitrogens with zero attached hydrogens (tertiary/aromatic N) is 1. The van der Waals surface area contributed by atoms with E-state index in [4.69, 9.17) is 14.2 Å². The van der Waals surface area contributed by atoms with Crippen molar-refractivity contribution in [2.75, 3.05) is 53.7 Å². The predicted molar refractivity (Wildman–Crippen MR) is 120 cm³/mol. The lowest BCUT2D eigenvalue weighted by molar-refractivity contribution is -0.0265. The van der Waals surface area contributed by atoms with E-state index in [1.807, 2.05) is 6.07 Å². The molecule has 1 aliphatic rings. The average molecular weight is 491 g/mol. The Morgan fingerprint density at radius 1 is 1.19 bits per heavy atom. The van der Waals surface area contributed by atoms with E-state index in [0.29, 0.717) is 19.1 Å². The highest BCUT2D eigenvalue weighted by molar-refractivity contribution is 14.0. The third-order valence-electron chi connectivity index (χ3n) is 4.52. The molecule has 7 heteroatoms. The van der Waals surface area contributed by atoms with Crippen LogP contribution in [0.15, 0.2) is 35.3 Å². The van der Waals surface area contributed by atoms with Crippen LogP contribution < -0.4 is 10.6 Å². The van der Waals surface area contributed by atoms with Crippen molar-refractivity contribution in [3.63, 3.8) is 0 Å². The van der Waals surface area contributed by atoms with Gasteiger partial charge in [-0.05, 0) is 24.8 Å². The van der Waals surface area contributed by atoms with Gasteiger partial charge in [0.1, 0.15) is 0 Å². The predicted octanol–water partition coefficient (Wildman–Crippen LogP) is 2.99. The van der Waals surface area contributed by atoms with Crippen molar-refractivity contribution < 1.29 is 14.2 Å². The van der Waals surface area contributed by atoms with Crippen LogP contribution in [-0.2, 0) is 14.2 Å². The van der Waals surface area contributed by atoms with Gasteiger partial charge in [0.2, 0.25) is 0 Å². The van der Waals surface area contributed by atoms with E-state index in [2.05, 4.69) is 39.9 Å². The van der Waals surface area contributed by atoms with Gasteiger partial charge in [-0.3, -0.25) is 4.99 Å². The second kappa shape index (κ2) is 15.1. The SMILES string of the molecule is CN=C(NCCCOCCOC)NCC1CCCOC1c1ccccc1.I. The number of methoxy groups -OCH3 is 1. The summed E-state index contributed by atoms with van der Waals surface area (Å²) in [6, 6.07) is 10.5. The van der Waals surface area contributed by atoms with Gasteiger partial charge in [0, 0.05) is 46.4 Å². The Kier molecular flexibility index (Phi) is 13.5. The van der Waals surface area contributed by atoms with Crippen LogP contribution in [0.1, 0.15) is 30.9 Å². The van der Waals surface area contributed by atoms with E-state index in [9.17, 15) is 0 Å². The summed E-state index contributed by atoms with van der Waals surface area (Å²) in [7, 11) is 3.48. The van der Waals surface area contributed by atoms with E-state index in [0.717, 1.165) is 51.5 Å². The summed E-state index contributed by atoms with van der Waals surface area (Å²) in [5.74, 6) is 1.28. The standard InChI is InChI=1S/C20H33N3O3.HI/c1-21-20(22-11-7-12-25-15-14-24-2)23-16-18-10-6-13-26-19(18)17-8-4-3-5-9-17;/h3-5,8-9,18-19H,6-7,10-16H2,1-2H3,(H2,21,22,23);1H. The van der Waals surface area contributed by atoms with E-state index in [-0.39, 0.29) is 30.1 Å². The molecule has 1 aromatic carbocycles. The second-order valence-electron chi connectivity index (χ2n) is 6.44. The van der Waals surface area contributed by atoms with Crippen molar-refractivity contribution in [1.82, 2.24) is 10.6 Å². The van der Waals surface area contributed by atoms with Gasteiger partial charge in [-0.2, -0.15) is 0 Å². The maximum atomic E-state index is 6.06. The Labute approximate surface area is 180 Å². The molecule has 1 aliphatic heterocycles. The van der Waals surface area contributed by atoms with Crippen molar-refractivity contribution in [1.29, 1.82) is 0 Å². The highest BCUT2D eigenvalue weighted by atomic mass is 127. The minimum Gasteiger partial charge on any atom is -0.382 e. The van der Waals surface area contributed by atoms with Crippen LogP contribution in [0, 0.1) is 5.92 Å². The molecule has 0 spiro atoms. The molecular formula is C20H34IN3O3. The molecule has 1 saturated heterocycles. The third kappa shape index (κ3) is 9.23. The number of aliphatic imine (C=N–C) groups is 1. The Morgan fingerprint density at radius 3 is 2.74 bits per heavy atom. The van der Waals surface area contributed by atoms with E-state index >= 15 is 0 Å². The van der Waals surface area contributed by atoms with E-state index in [1.54, 1.807) is 14.2 Å². The Balaban J connectivity index is 0.00000364. The van der Waals surface area contributed by atoms with Crippen molar-refractivity contribution in [3.05, 3.63) is 35.9 Å². The molecule has 0 bridgehead atoms. The van der Waals surface area contributed by atoms with Crippen molar-refractivity contribution in [3.8, 4) is 0 Å². The molecule has 0 aliphatic carbocycles. The normalized spacial score (nSPS) is 20.0. The molecule has 2 unspecified atom stereocenters. The van der Waals surface area contributed by atoms with Crippen molar-refractivity contribution in [2.24, 2.45) is 10.9 Å². The topological polar surface area (TPSA) is 64.1 Å². The fourth-order valence-corrected chi connectivity index (χ4v) is 3.14. The molecule has 0 aromatic heterocycles. The highest BCUT2D eigenvalue weighted by Gasteiger charge is 2.27. The first-order chi connectivity index (χ1) is 12.8. The van der Waals surface area contributed by atoms with Crippen LogP contribution in [-0.4, -0.2) is 59.6 Å². The minimum atomic E-state index is 0. The number of halogens is 1. The van der Waals surface area contributed by atoms with Gasteiger partial charge in [0.15, 0.2) is 5.96 Å². The highest BCUT2D eigenvalue weighted by Crippen LogP contribution is 2.32. The molecule has 1 heterocycles. The fraction of sp³-hybridized carbons (Fsp3) is 0.650. The van der Waals surface area contributed by atoms with Crippen molar-refractivity contribution in [2.45, 2.75) is 25.4 Å². The first-order valence-corrected chi connectivity index (χ1v) is 9.53. The number of benzene rings is 1. The van der Waals surface area contributed by atoms with Crippen molar-refractivity contribution >= 4 is 29.9 Å². The zero-order valence-electron chi connectivity index (χ0n) is 16.5. The molecular weight excluding hydrogens is 457 g/mol. The quantitative estimate of drug-likeness (QED) is 0.228. The molecule has 2 atom stereocenters. The minimum absolute atomic E-state index is 0. The Hall–Kier alpha value is -0.900. The maximum Gasteiger partial charge on any atom is 0.190 e. The number of hydrogen-bond donors (Lipinski definition) is 2. The lowest BCUT2D eigenvalue weighted by atomic mass is 9.89. The van der Waals surface area contributed by atoms with Gasteiger partial charge < -0.3 is 24.8 Å². The van der Waals surface area contributed by atoms with Gasteiger partial charge >= 0.3 is 0 Å². The Bertz CT molecular complexity index is 516. The second-order valence-corrected chi connectivity index (χ2v) is 6.44. The number of nitrogens with one attached hydrogen (secondary N) is 2. The van der Waals surface area contributed by atoms with Crippen LogP contribution in [0.5, 0.6) is 0 Å². The van der Waals surface area contributed by atoms with Gasteiger partial charge in [-0.1, -0.05) is 30.3 Å². The van der Waals surface area contributed by atoms with Crippen LogP contribution in [0.4, 0.5) is 0 Å². The average Bonchev–Trinajstić information content (AvgIpc) is 2.70. The third-order valence-corrected chi connectivity index (χ3v) is 4.52. The molecule has 27 heavy (non-hydrogen) atoms. The van der Waals surface area contributed by atoms with Crippen LogP contribution >= 0.6 is 24.0 Å². The molecule has 0 amide bonds. The lowest BCUT2D eigenvalue weighted by Gasteiger charge is -2.32. The fourth-order valence-electron chi connectivity index (χ4n) is 3.14. The van der Waals surface area contributed by atoms with Crippen LogP contribution in [0.3, 0.4) is 0 Å².